The van der Waals surface area contributed by atoms with Gasteiger partial charge in [0.15, 0.2) is 0 Å². The average Bonchev–Trinajstić information content (AvgIpc) is 2.64. The monoisotopic (exact) mass is 361 g/mol. The van der Waals surface area contributed by atoms with Gasteiger partial charge in [0.25, 0.3) is 5.91 Å². The maximum atomic E-state index is 14.1. The molecule has 0 radical (unpaired) electrons. The highest BCUT2D eigenvalue weighted by Crippen LogP contribution is 2.23. The number of amides is 1. The number of pyridine rings is 1. The molecule has 2 aromatic rings. The lowest BCUT2D eigenvalue weighted by Crippen LogP contribution is -2.36. The van der Waals surface area contributed by atoms with E-state index in [2.05, 4.69) is 15.6 Å². The smallest absolute Gasteiger partial charge is 0.253 e. The van der Waals surface area contributed by atoms with Crippen molar-refractivity contribution < 1.29 is 19.0 Å². The second-order valence-electron chi connectivity index (χ2n) is 5.91. The van der Waals surface area contributed by atoms with Gasteiger partial charge in [-0.05, 0) is 37.1 Å². The molecular weight excluding hydrogens is 337 g/mol. The van der Waals surface area contributed by atoms with E-state index in [-0.39, 0.29) is 24.7 Å². The second kappa shape index (κ2) is 9.84. The molecule has 1 amide bonds. The van der Waals surface area contributed by atoms with Crippen LogP contribution < -0.4 is 10.6 Å². The predicted octanol–water partition coefficient (Wildman–Crippen LogP) is 2.79. The fourth-order valence-corrected chi connectivity index (χ4v) is 2.32. The molecule has 0 unspecified atom stereocenters. The Morgan fingerprint density at radius 1 is 1.35 bits per heavy atom. The molecule has 0 aliphatic rings. The van der Waals surface area contributed by atoms with Crippen LogP contribution in [0, 0.1) is 12.7 Å². The molecule has 0 aliphatic heterocycles. The number of halogens is 1. The Hall–Kier alpha value is -2.51. The van der Waals surface area contributed by atoms with Gasteiger partial charge in [0, 0.05) is 19.3 Å². The quantitative estimate of drug-likeness (QED) is 0.640. The molecule has 0 aliphatic carbocycles. The van der Waals surface area contributed by atoms with Crippen molar-refractivity contribution >= 4 is 17.3 Å². The third kappa shape index (κ3) is 5.50. The summed E-state index contributed by atoms with van der Waals surface area (Å²) < 4.78 is 19.5. The fourth-order valence-electron chi connectivity index (χ4n) is 2.32. The van der Waals surface area contributed by atoms with Crippen LogP contribution in [0.25, 0.3) is 0 Å². The van der Waals surface area contributed by atoms with Crippen molar-refractivity contribution in [1.82, 2.24) is 10.3 Å². The third-order valence-electron chi connectivity index (χ3n) is 3.71. The lowest BCUT2D eigenvalue weighted by Gasteiger charge is -2.17. The molecule has 2 rings (SSSR count). The minimum Gasteiger partial charge on any atom is -0.394 e. The summed E-state index contributed by atoms with van der Waals surface area (Å²) >= 11 is 0. The van der Waals surface area contributed by atoms with Gasteiger partial charge in [-0.2, -0.15) is 0 Å². The first-order valence-electron chi connectivity index (χ1n) is 8.53. The van der Waals surface area contributed by atoms with Gasteiger partial charge in [-0.25, -0.2) is 4.39 Å². The zero-order chi connectivity index (χ0) is 18.9. The maximum Gasteiger partial charge on any atom is 0.253 e. The lowest BCUT2D eigenvalue weighted by molar-refractivity contribution is 0.0142. The van der Waals surface area contributed by atoms with Crippen LogP contribution in [0.1, 0.15) is 29.3 Å². The molecule has 0 bridgehead atoms. The van der Waals surface area contributed by atoms with E-state index in [9.17, 15) is 14.3 Å². The summed E-state index contributed by atoms with van der Waals surface area (Å²) in [5.41, 5.74) is 1.78. The number of hydrogen-bond donors (Lipinski definition) is 3. The van der Waals surface area contributed by atoms with Gasteiger partial charge < -0.3 is 20.5 Å². The number of benzene rings is 1. The van der Waals surface area contributed by atoms with Gasteiger partial charge in [0.1, 0.15) is 5.82 Å². The zero-order valence-electron chi connectivity index (χ0n) is 15.0. The largest absolute Gasteiger partial charge is 0.394 e. The highest BCUT2D eigenvalue weighted by atomic mass is 19.1. The van der Waals surface area contributed by atoms with E-state index >= 15 is 0 Å². The topological polar surface area (TPSA) is 83.5 Å². The number of ether oxygens (including phenoxy) is 1. The predicted molar refractivity (Wildman–Crippen MR) is 98.1 cm³/mol. The summed E-state index contributed by atoms with van der Waals surface area (Å²) in [6.07, 6.45) is 3.31. The summed E-state index contributed by atoms with van der Waals surface area (Å²) in [6, 6.07) is 6.35. The van der Waals surface area contributed by atoms with E-state index in [1.165, 1.54) is 18.5 Å². The van der Waals surface area contributed by atoms with Crippen LogP contribution in [0.5, 0.6) is 0 Å². The number of carbonyl (C=O) groups excluding carboxylic acids is 1. The molecule has 1 aromatic carbocycles. The van der Waals surface area contributed by atoms with Crippen LogP contribution >= 0.6 is 0 Å². The number of anilines is 2. The standard InChI is InChI=1S/C19H24FN3O3/c1-3-8-26-14(12-24)10-22-19(25)15-6-7-21-11-18(15)23-17-5-4-13(2)9-16(17)20/h4-7,9,11,14,23-24H,3,8,10,12H2,1-2H3,(H,22,25)/t14-/m0/s1. The van der Waals surface area contributed by atoms with Crippen molar-refractivity contribution in [2.75, 3.05) is 25.1 Å². The van der Waals surface area contributed by atoms with E-state index in [0.717, 1.165) is 12.0 Å². The third-order valence-corrected chi connectivity index (χ3v) is 3.71. The van der Waals surface area contributed by atoms with E-state index in [4.69, 9.17) is 4.74 Å². The average molecular weight is 361 g/mol. The number of aromatic nitrogens is 1. The van der Waals surface area contributed by atoms with Crippen LogP contribution in [0.4, 0.5) is 15.8 Å². The molecule has 6 nitrogen and oxygen atoms in total. The molecule has 26 heavy (non-hydrogen) atoms. The number of rotatable bonds is 9. The molecule has 0 spiro atoms. The zero-order valence-corrected chi connectivity index (χ0v) is 15.0. The number of aliphatic hydroxyl groups is 1. The highest BCUT2D eigenvalue weighted by molar-refractivity contribution is 6.00. The maximum absolute atomic E-state index is 14.1. The van der Waals surface area contributed by atoms with Crippen LogP contribution in [-0.2, 0) is 4.74 Å². The number of aryl methyl sites for hydroxylation is 1. The first-order valence-corrected chi connectivity index (χ1v) is 8.53. The molecule has 1 heterocycles. The Morgan fingerprint density at radius 2 is 2.15 bits per heavy atom. The number of nitrogens with one attached hydrogen (secondary N) is 2. The second-order valence-corrected chi connectivity index (χ2v) is 5.91. The summed E-state index contributed by atoms with van der Waals surface area (Å²) in [7, 11) is 0. The number of nitrogens with zero attached hydrogens (tertiary/aromatic N) is 1. The van der Waals surface area contributed by atoms with Crippen LogP contribution in [0.2, 0.25) is 0 Å². The first-order chi connectivity index (χ1) is 12.5. The van der Waals surface area contributed by atoms with Gasteiger partial charge in [-0.15, -0.1) is 0 Å². The van der Waals surface area contributed by atoms with Crippen molar-refractivity contribution in [3.05, 3.63) is 53.6 Å². The number of aliphatic hydroxyl groups excluding tert-OH is 1. The lowest BCUT2D eigenvalue weighted by atomic mass is 10.1. The Morgan fingerprint density at radius 3 is 2.85 bits per heavy atom. The number of carbonyl (C=O) groups is 1. The van der Waals surface area contributed by atoms with Gasteiger partial charge in [0.05, 0.1) is 35.8 Å². The van der Waals surface area contributed by atoms with Crippen molar-refractivity contribution in [2.45, 2.75) is 26.4 Å². The Labute approximate surface area is 152 Å². The fraction of sp³-hybridized carbons (Fsp3) is 0.368. The van der Waals surface area contributed by atoms with Gasteiger partial charge in [0.2, 0.25) is 0 Å². The highest BCUT2D eigenvalue weighted by Gasteiger charge is 2.15. The summed E-state index contributed by atoms with van der Waals surface area (Å²) in [5, 5.41) is 14.9. The van der Waals surface area contributed by atoms with Crippen molar-refractivity contribution in [3.8, 4) is 0 Å². The van der Waals surface area contributed by atoms with Crippen LogP contribution in [0.15, 0.2) is 36.7 Å². The van der Waals surface area contributed by atoms with Gasteiger partial charge >= 0.3 is 0 Å². The molecule has 1 atom stereocenters. The van der Waals surface area contributed by atoms with Gasteiger partial charge in [-0.3, -0.25) is 9.78 Å². The molecule has 7 heteroatoms. The molecule has 140 valence electrons. The minimum absolute atomic E-state index is 0.177. The van der Waals surface area contributed by atoms with E-state index in [0.29, 0.717) is 17.9 Å². The molecule has 0 saturated carbocycles. The van der Waals surface area contributed by atoms with Crippen molar-refractivity contribution in [3.63, 3.8) is 0 Å². The summed E-state index contributed by atoms with van der Waals surface area (Å²) in [6.45, 7) is 4.27. The molecule has 3 N–H and O–H groups in total. The molecule has 0 saturated heterocycles. The summed E-state index contributed by atoms with van der Waals surface area (Å²) in [5.74, 6) is -0.769. The van der Waals surface area contributed by atoms with E-state index < -0.39 is 11.9 Å². The van der Waals surface area contributed by atoms with Crippen molar-refractivity contribution in [1.29, 1.82) is 0 Å². The Kier molecular flexibility index (Phi) is 7.50. The molecular formula is C19H24FN3O3. The first kappa shape index (κ1) is 19.8. The van der Waals surface area contributed by atoms with Crippen LogP contribution in [0.3, 0.4) is 0 Å². The normalized spacial score (nSPS) is 11.8. The van der Waals surface area contributed by atoms with E-state index in [1.54, 1.807) is 25.1 Å². The van der Waals surface area contributed by atoms with Crippen molar-refractivity contribution in [2.24, 2.45) is 0 Å². The molecule has 0 fully saturated rings. The minimum atomic E-state index is -0.466. The SMILES string of the molecule is CCCO[C@H](CO)CNC(=O)c1ccncc1Nc1ccc(C)cc1F. The van der Waals surface area contributed by atoms with Gasteiger partial charge in [-0.1, -0.05) is 13.0 Å². The Balaban J connectivity index is 2.08. The summed E-state index contributed by atoms with van der Waals surface area (Å²) in [4.78, 5) is 16.5. The van der Waals surface area contributed by atoms with E-state index in [1.807, 2.05) is 6.92 Å². The number of hydrogen-bond acceptors (Lipinski definition) is 5. The Bertz CT molecular complexity index is 740. The molecule has 1 aromatic heterocycles. The van der Waals surface area contributed by atoms with Crippen LogP contribution in [-0.4, -0.2) is 41.9 Å².